The maximum atomic E-state index is 13.2. The van der Waals surface area contributed by atoms with Crippen LogP contribution in [0.5, 0.6) is 11.6 Å². The van der Waals surface area contributed by atoms with E-state index in [9.17, 15) is 4.79 Å². The van der Waals surface area contributed by atoms with Gasteiger partial charge in [0, 0.05) is 37.5 Å². The molecule has 1 amide bonds. The summed E-state index contributed by atoms with van der Waals surface area (Å²) < 4.78 is 22.3. The summed E-state index contributed by atoms with van der Waals surface area (Å²) in [6.45, 7) is 4.93. The number of carbonyl (C=O) groups excluding carboxylic acids is 1. The molecular formula is C25H30N6O5. The fourth-order valence-corrected chi connectivity index (χ4v) is 4.44. The highest BCUT2D eigenvalue weighted by Crippen LogP contribution is 2.37. The first kappa shape index (κ1) is 24.2. The molecule has 0 aliphatic carbocycles. The Labute approximate surface area is 209 Å². The van der Waals surface area contributed by atoms with Crippen LogP contribution in [0.25, 0.3) is 0 Å². The van der Waals surface area contributed by atoms with Crippen LogP contribution in [0.4, 0.5) is 5.69 Å². The van der Waals surface area contributed by atoms with Gasteiger partial charge in [0.2, 0.25) is 5.88 Å². The third-order valence-electron chi connectivity index (χ3n) is 6.31. The number of rotatable bonds is 9. The van der Waals surface area contributed by atoms with Crippen molar-refractivity contribution in [2.75, 3.05) is 60.2 Å². The molecule has 5 rings (SSSR count). The van der Waals surface area contributed by atoms with Gasteiger partial charge in [-0.2, -0.15) is 0 Å². The van der Waals surface area contributed by atoms with Crippen LogP contribution in [0.15, 0.2) is 46.5 Å². The molecule has 0 radical (unpaired) electrons. The van der Waals surface area contributed by atoms with E-state index in [1.54, 1.807) is 25.6 Å². The van der Waals surface area contributed by atoms with Crippen LogP contribution in [-0.2, 0) is 9.47 Å². The number of amides is 1. The summed E-state index contributed by atoms with van der Waals surface area (Å²) in [5.74, 6) is 0.128. The minimum absolute atomic E-state index is 0.287. The molecular weight excluding hydrogens is 464 g/mol. The zero-order valence-corrected chi connectivity index (χ0v) is 20.5. The van der Waals surface area contributed by atoms with Crippen molar-refractivity contribution < 1.29 is 23.7 Å². The number of benzene rings is 1. The minimum atomic E-state index is -1.28. The number of ether oxygens (including phenoxy) is 4. The van der Waals surface area contributed by atoms with Gasteiger partial charge in [-0.05, 0) is 24.6 Å². The Hall–Kier alpha value is -3.54. The number of nitrogens with one attached hydrogen (secondary N) is 1. The van der Waals surface area contributed by atoms with E-state index < -0.39 is 5.85 Å². The molecule has 36 heavy (non-hydrogen) atoms. The van der Waals surface area contributed by atoms with E-state index in [0.717, 1.165) is 44.8 Å². The predicted molar refractivity (Wildman–Crippen MR) is 133 cm³/mol. The minimum Gasteiger partial charge on any atom is -0.494 e. The maximum absolute atomic E-state index is 13.2. The number of amidine groups is 1. The summed E-state index contributed by atoms with van der Waals surface area (Å²) in [6.07, 6.45) is 3.96. The van der Waals surface area contributed by atoms with Gasteiger partial charge >= 0.3 is 0 Å². The highest BCUT2D eigenvalue weighted by atomic mass is 16.5. The Morgan fingerprint density at radius 1 is 1.17 bits per heavy atom. The van der Waals surface area contributed by atoms with Crippen LogP contribution in [-0.4, -0.2) is 98.9 Å². The van der Waals surface area contributed by atoms with Gasteiger partial charge in [-0.1, -0.05) is 6.07 Å². The number of methoxy groups -OCH3 is 2. The standard InChI is InChI=1S/C25H30N6O5/c1-33-20-6-3-5-19-22(20)27-17-31-16-25(28-23(19)31,36-12-4-9-30-10-13-35-14-11-30)29-24(32)18-7-8-21(34-2)26-15-18/h3,5-8,15,17H,4,9-14,16H2,1-2H3,(H,29,32). The van der Waals surface area contributed by atoms with Gasteiger partial charge in [-0.3, -0.25) is 9.69 Å². The average molecular weight is 495 g/mol. The summed E-state index contributed by atoms with van der Waals surface area (Å²) >= 11 is 0. The van der Waals surface area contributed by atoms with E-state index in [2.05, 4.69) is 20.2 Å². The Morgan fingerprint density at radius 2 is 2.03 bits per heavy atom. The Bertz CT molecular complexity index is 1150. The van der Waals surface area contributed by atoms with Crippen LogP contribution < -0.4 is 14.8 Å². The summed E-state index contributed by atoms with van der Waals surface area (Å²) in [7, 11) is 3.14. The smallest absolute Gasteiger partial charge is 0.259 e. The lowest BCUT2D eigenvalue weighted by Gasteiger charge is -2.30. The number of nitrogens with zero attached hydrogens (tertiary/aromatic N) is 5. The zero-order valence-electron chi connectivity index (χ0n) is 20.5. The maximum Gasteiger partial charge on any atom is 0.259 e. The quantitative estimate of drug-likeness (QED) is 0.414. The molecule has 1 aromatic carbocycles. The number of para-hydroxylation sites is 1. The fourth-order valence-electron chi connectivity index (χ4n) is 4.44. The van der Waals surface area contributed by atoms with Crippen molar-refractivity contribution in [2.45, 2.75) is 12.3 Å². The van der Waals surface area contributed by atoms with Crippen molar-refractivity contribution in [1.82, 2.24) is 20.1 Å². The van der Waals surface area contributed by atoms with Crippen LogP contribution in [0, 0.1) is 0 Å². The first-order valence-electron chi connectivity index (χ1n) is 12.0. The lowest BCUT2D eigenvalue weighted by molar-refractivity contribution is -0.0580. The molecule has 1 unspecified atom stereocenters. The lowest BCUT2D eigenvalue weighted by atomic mass is 10.1. The van der Waals surface area contributed by atoms with E-state index in [-0.39, 0.29) is 12.5 Å². The number of aliphatic imine (C=N–C) groups is 2. The SMILES string of the molecule is COc1ccc(C(=O)NC2(OCCCN3CCOCC3)CN3C=Nc4c(OC)cccc4C3=N2)cn1. The molecule has 2 aromatic rings. The normalized spacial score (nSPS) is 20.9. The van der Waals surface area contributed by atoms with Gasteiger partial charge in [-0.15, -0.1) is 0 Å². The molecule has 11 heteroatoms. The number of aromatic nitrogens is 1. The molecule has 4 heterocycles. The number of morpholine rings is 1. The molecule has 0 bridgehead atoms. The third kappa shape index (κ3) is 5.03. The number of carbonyl (C=O) groups is 1. The summed E-state index contributed by atoms with van der Waals surface area (Å²) in [5.41, 5.74) is 1.90. The second kappa shape index (κ2) is 10.6. The highest BCUT2D eigenvalue weighted by molar-refractivity contribution is 6.12. The van der Waals surface area contributed by atoms with E-state index >= 15 is 0 Å². The van der Waals surface area contributed by atoms with Gasteiger partial charge < -0.3 is 29.2 Å². The summed E-state index contributed by atoms with van der Waals surface area (Å²) in [4.78, 5) is 31.1. The molecule has 0 saturated carbocycles. The molecule has 11 nitrogen and oxygen atoms in total. The van der Waals surface area contributed by atoms with Crippen molar-refractivity contribution in [1.29, 1.82) is 0 Å². The van der Waals surface area contributed by atoms with Crippen molar-refractivity contribution in [3.05, 3.63) is 47.7 Å². The third-order valence-corrected chi connectivity index (χ3v) is 6.31. The number of fused-ring (bicyclic) bond motifs is 3. The second-order valence-electron chi connectivity index (χ2n) is 8.65. The number of hydrogen-bond acceptors (Lipinski definition) is 10. The highest BCUT2D eigenvalue weighted by Gasteiger charge is 2.44. The van der Waals surface area contributed by atoms with Crippen molar-refractivity contribution >= 4 is 23.8 Å². The van der Waals surface area contributed by atoms with Crippen molar-refractivity contribution in [3.63, 3.8) is 0 Å². The number of pyridine rings is 1. The molecule has 3 aliphatic rings. The van der Waals surface area contributed by atoms with Crippen LogP contribution in [0.1, 0.15) is 22.3 Å². The number of hydrogen-bond donors (Lipinski definition) is 1. The molecule has 1 atom stereocenters. The average Bonchev–Trinajstić information content (AvgIpc) is 3.30. The second-order valence-corrected chi connectivity index (χ2v) is 8.65. The first-order chi connectivity index (χ1) is 17.6. The molecule has 0 spiro atoms. The van der Waals surface area contributed by atoms with E-state index in [0.29, 0.717) is 35.3 Å². The Morgan fingerprint density at radius 3 is 2.78 bits per heavy atom. The summed E-state index contributed by atoms with van der Waals surface area (Å²) in [5, 5.41) is 3.00. The lowest BCUT2D eigenvalue weighted by Crippen LogP contribution is -2.53. The summed E-state index contributed by atoms with van der Waals surface area (Å²) in [6, 6.07) is 8.98. The van der Waals surface area contributed by atoms with Crippen LogP contribution >= 0.6 is 0 Å². The molecule has 1 fully saturated rings. The molecule has 1 saturated heterocycles. The van der Waals surface area contributed by atoms with E-state index in [1.807, 2.05) is 23.1 Å². The van der Waals surface area contributed by atoms with Gasteiger partial charge in [0.1, 0.15) is 17.3 Å². The van der Waals surface area contributed by atoms with Gasteiger partial charge in [-0.25, -0.2) is 15.0 Å². The monoisotopic (exact) mass is 494 g/mol. The van der Waals surface area contributed by atoms with Gasteiger partial charge in [0.05, 0.1) is 52.5 Å². The van der Waals surface area contributed by atoms with E-state index in [1.165, 1.54) is 13.3 Å². The van der Waals surface area contributed by atoms with Gasteiger partial charge in [0.15, 0.2) is 0 Å². The fraction of sp³-hybridized carbons (Fsp3) is 0.440. The van der Waals surface area contributed by atoms with Crippen molar-refractivity contribution in [3.8, 4) is 11.6 Å². The Kier molecular flexibility index (Phi) is 7.12. The van der Waals surface area contributed by atoms with Gasteiger partial charge in [0.25, 0.3) is 11.8 Å². The largest absolute Gasteiger partial charge is 0.494 e. The van der Waals surface area contributed by atoms with Crippen molar-refractivity contribution in [2.24, 2.45) is 9.98 Å². The molecule has 1 aromatic heterocycles. The topological polar surface area (TPSA) is 110 Å². The first-order valence-corrected chi connectivity index (χ1v) is 12.0. The molecule has 1 N–H and O–H groups in total. The van der Waals surface area contributed by atoms with E-state index in [4.69, 9.17) is 23.9 Å². The van der Waals surface area contributed by atoms with Crippen LogP contribution in [0.2, 0.25) is 0 Å². The predicted octanol–water partition coefficient (Wildman–Crippen LogP) is 1.66. The molecule has 190 valence electrons. The Balaban J connectivity index is 1.37. The molecule has 3 aliphatic heterocycles. The zero-order chi connectivity index (χ0) is 25.0. The van der Waals surface area contributed by atoms with Crippen LogP contribution in [0.3, 0.4) is 0 Å².